The summed E-state index contributed by atoms with van der Waals surface area (Å²) in [5.41, 5.74) is 5.03. The van der Waals surface area contributed by atoms with Gasteiger partial charge in [0.15, 0.2) is 0 Å². The van der Waals surface area contributed by atoms with Crippen molar-refractivity contribution in [2.24, 2.45) is 0 Å². The fraction of sp³-hybridized carbons (Fsp3) is 0.357. The second-order valence-electron chi connectivity index (χ2n) is 4.74. The highest BCUT2D eigenvalue weighted by molar-refractivity contribution is 7.10. The predicted octanol–water partition coefficient (Wildman–Crippen LogP) is 3.11. The Labute approximate surface area is 106 Å². The number of thiazole rings is 1. The first-order chi connectivity index (χ1) is 8.24. The SMILES string of the molecule is Cc1ccc(-c2csc(C3CNC3)n2)c(C)c1. The van der Waals surface area contributed by atoms with E-state index in [0.717, 1.165) is 18.8 Å². The van der Waals surface area contributed by atoms with Gasteiger partial charge in [0, 0.05) is 30.0 Å². The minimum Gasteiger partial charge on any atom is -0.315 e. The average Bonchev–Trinajstić information content (AvgIpc) is 2.64. The highest BCUT2D eigenvalue weighted by Crippen LogP contribution is 2.30. The lowest BCUT2D eigenvalue weighted by Crippen LogP contribution is -2.39. The zero-order chi connectivity index (χ0) is 11.8. The largest absolute Gasteiger partial charge is 0.315 e. The quantitative estimate of drug-likeness (QED) is 0.878. The van der Waals surface area contributed by atoms with Crippen molar-refractivity contribution in [2.45, 2.75) is 19.8 Å². The molecule has 1 fully saturated rings. The van der Waals surface area contributed by atoms with Gasteiger partial charge in [0.1, 0.15) is 0 Å². The number of aryl methyl sites for hydroxylation is 2. The molecule has 1 aromatic carbocycles. The Bertz CT molecular complexity index is 541. The van der Waals surface area contributed by atoms with Crippen molar-refractivity contribution in [2.75, 3.05) is 13.1 Å². The molecule has 0 atom stereocenters. The zero-order valence-corrected chi connectivity index (χ0v) is 11.0. The molecule has 3 rings (SSSR count). The highest BCUT2D eigenvalue weighted by Gasteiger charge is 2.22. The number of nitrogens with zero attached hydrogens (tertiary/aromatic N) is 1. The molecular formula is C14H16N2S. The second-order valence-corrected chi connectivity index (χ2v) is 5.63. The van der Waals surface area contributed by atoms with Crippen molar-refractivity contribution in [3.8, 4) is 11.3 Å². The second kappa shape index (κ2) is 4.24. The van der Waals surface area contributed by atoms with E-state index in [-0.39, 0.29) is 0 Å². The molecule has 0 bridgehead atoms. The first-order valence-electron chi connectivity index (χ1n) is 5.98. The first kappa shape index (κ1) is 10.9. The van der Waals surface area contributed by atoms with Gasteiger partial charge in [-0.05, 0) is 19.4 Å². The van der Waals surface area contributed by atoms with E-state index < -0.39 is 0 Å². The number of benzene rings is 1. The average molecular weight is 244 g/mol. The van der Waals surface area contributed by atoms with Crippen LogP contribution in [-0.4, -0.2) is 18.1 Å². The number of nitrogens with one attached hydrogen (secondary N) is 1. The summed E-state index contributed by atoms with van der Waals surface area (Å²) in [6, 6.07) is 6.56. The van der Waals surface area contributed by atoms with Gasteiger partial charge in [0.25, 0.3) is 0 Å². The molecule has 0 aliphatic carbocycles. The van der Waals surface area contributed by atoms with Crippen LogP contribution in [0.2, 0.25) is 0 Å². The topological polar surface area (TPSA) is 24.9 Å². The normalized spacial score (nSPS) is 15.9. The molecular weight excluding hydrogens is 228 g/mol. The highest BCUT2D eigenvalue weighted by atomic mass is 32.1. The third kappa shape index (κ3) is 2.01. The molecule has 1 saturated heterocycles. The van der Waals surface area contributed by atoms with Gasteiger partial charge in [-0.3, -0.25) is 0 Å². The third-order valence-corrected chi connectivity index (χ3v) is 4.32. The lowest BCUT2D eigenvalue weighted by Gasteiger charge is -2.24. The van der Waals surface area contributed by atoms with Crippen molar-refractivity contribution in [1.29, 1.82) is 0 Å². The molecule has 2 heterocycles. The van der Waals surface area contributed by atoms with E-state index in [0.29, 0.717) is 5.92 Å². The Balaban J connectivity index is 1.94. The van der Waals surface area contributed by atoms with E-state index in [9.17, 15) is 0 Å². The number of hydrogen-bond acceptors (Lipinski definition) is 3. The fourth-order valence-electron chi connectivity index (χ4n) is 2.16. The summed E-state index contributed by atoms with van der Waals surface area (Å²) >= 11 is 1.79. The molecule has 1 aromatic heterocycles. The maximum atomic E-state index is 4.77. The Morgan fingerprint density at radius 2 is 2.12 bits per heavy atom. The van der Waals surface area contributed by atoms with Crippen molar-refractivity contribution in [3.05, 3.63) is 39.7 Å². The van der Waals surface area contributed by atoms with Crippen LogP contribution in [0.3, 0.4) is 0 Å². The Kier molecular flexibility index (Phi) is 2.73. The third-order valence-electron chi connectivity index (χ3n) is 3.31. The van der Waals surface area contributed by atoms with E-state index in [2.05, 4.69) is 42.7 Å². The molecule has 17 heavy (non-hydrogen) atoms. The molecule has 0 saturated carbocycles. The van der Waals surface area contributed by atoms with Crippen LogP contribution in [0.4, 0.5) is 0 Å². The molecule has 2 aromatic rings. The standard InChI is InChI=1S/C14H16N2S/c1-9-3-4-12(10(2)5-9)13-8-17-14(16-13)11-6-15-7-11/h3-5,8,11,15H,6-7H2,1-2H3. The molecule has 1 N–H and O–H groups in total. The summed E-state index contributed by atoms with van der Waals surface area (Å²) < 4.78 is 0. The van der Waals surface area contributed by atoms with Crippen molar-refractivity contribution >= 4 is 11.3 Å². The Hall–Kier alpha value is -1.19. The molecule has 1 aliphatic rings. The summed E-state index contributed by atoms with van der Waals surface area (Å²) in [4.78, 5) is 4.77. The van der Waals surface area contributed by atoms with Gasteiger partial charge in [-0.15, -0.1) is 11.3 Å². The lowest BCUT2D eigenvalue weighted by atomic mass is 10.0. The van der Waals surface area contributed by atoms with Crippen LogP contribution in [0.1, 0.15) is 22.1 Å². The molecule has 1 aliphatic heterocycles. The van der Waals surface area contributed by atoms with Gasteiger partial charge in [0.05, 0.1) is 10.7 Å². The van der Waals surface area contributed by atoms with Gasteiger partial charge in [-0.1, -0.05) is 23.8 Å². The van der Waals surface area contributed by atoms with Crippen LogP contribution in [0.15, 0.2) is 23.6 Å². The van der Waals surface area contributed by atoms with Crippen LogP contribution in [0, 0.1) is 13.8 Å². The summed E-state index contributed by atoms with van der Waals surface area (Å²) in [6.45, 7) is 6.45. The molecule has 0 spiro atoms. The molecule has 3 heteroatoms. The summed E-state index contributed by atoms with van der Waals surface area (Å²) in [5.74, 6) is 0.638. The van der Waals surface area contributed by atoms with Crippen molar-refractivity contribution in [1.82, 2.24) is 10.3 Å². The lowest BCUT2D eigenvalue weighted by molar-refractivity contribution is 0.447. The Morgan fingerprint density at radius 3 is 2.76 bits per heavy atom. The Morgan fingerprint density at radius 1 is 1.29 bits per heavy atom. The minimum atomic E-state index is 0.638. The zero-order valence-electron chi connectivity index (χ0n) is 10.2. The van der Waals surface area contributed by atoms with E-state index in [4.69, 9.17) is 4.98 Å². The molecule has 0 amide bonds. The monoisotopic (exact) mass is 244 g/mol. The number of hydrogen-bond donors (Lipinski definition) is 1. The van der Waals surface area contributed by atoms with Crippen LogP contribution in [-0.2, 0) is 0 Å². The van der Waals surface area contributed by atoms with Gasteiger partial charge in [-0.25, -0.2) is 4.98 Å². The van der Waals surface area contributed by atoms with Gasteiger partial charge >= 0.3 is 0 Å². The van der Waals surface area contributed by atoms with E-state index in [1.165, 1.54) is 21.7 Å². The first-order valence-corrected chi connectivity index (χ1v) is 6.86. The van der Waals surface area contributed by atoms with Gasteiger partial charge in [-0.2, -0.15) is 0 Å². The van der Waals surface area contributed by atoms with E-state index in [1.54, 1.807) is 11.3 Å². The van der Waals surface area contributed by atoms with Crippen LogP contribution in [0.25, 0.3) is 11.3 Å². The smallest absolute Gasteiger partial charge is 0.0989 e. The molecule has 2 nitrogen and oxygen atoms in total. The van der Waals surface area contributed by atoms with Crippen LogP contribution < -0.4 is 5.32 Å². The van der Waals surface area contributed by atoms with E-state index >= 15 is 0 Å². The van der Waals surface area contributed by atoms with Crippen LogP contribution in [0.5, 0.6) is 0 Å². The van der Waals surface area contributed by atoms with Crippen LogP contribution >= 0.6 is 11.3 Å². The van der Waals surface area contributed by atoms with Gasteiger partial charge < -0.3 is 5.32 Å². The summed E-state index contributed by atoms with van der Waals surface area (Å²) in [6.07, 6.45) is 0. The number of rotatable bonds is 2. The van der Waals surface area contributed by atoms with E-state index in [1.807, 2.05) is 0 Å². The van der Waals surface area contributed by atoms with Gasteiger partial charge in [0.2, 0.25) is 0 Å². The minimum absolute atomic E-state index is 0.638. The molecule has 88 valence electrons. The van der Waals surface area contributed by atoms with Crippen molar-refractivity contribution in [3.63, 3.8) is 0 Å². The summed E-state index contributed by atoms with van der Waals surface area (Å²) in [7, 11) is 0. The fourth-order valence-corrected chi connectivity index (χ4v) is 3.09. The predicted molar refractivity (Wildman–Crippen MR) is 72.6 cm³/mol. The number of aromatic nitrogens is 1. The summed E-state index contributed by atoms with van der Waals surface area (Å²) in [5, 5.41) is 6.76. The maximum absolute atomic E-state index is 4.77. The molecule has 0 radical (unpaired) electrons. The van der Waals surface area contributed by atoms with Crippen molar-refractivity contribution < 1.29 is 0 Å². The molecule has 0 unspecified atom stereocenters. The maximum Gasteiger partial charge on any atom is 0.0989 e.